The Morgan fingerprint density at radius 3 is 2.77 bits per heavy atom. The van der Waals surface area contributed by atoms with Gasteiger partial charge in [0.15, 0.2) is 5.82 Å². The summed E-state index contributed by atoms with van der Waals surface area (Å²) in [5, 5.41) is 4.08. The first kappa shape index (κ1) is 18.4. The third kappa shape index (κ3) is 5.28. The largest absolute Gasteiger partial charge is 0.377 e. The number of aryl methyl sites for hydroxylation is 1. The summed E-state index contributed by atoms with van der Waals surface area (Å²) < 4.78 is 7.17. The Labute approximate surface area is 158 Å². The maximum absolute atomic E-state index is 5.92. The number of rotatable bonds is 8. The minimum atomic E-state index is 0.408. The van der Waals surface area contributed by atoms with E-state index in [4.69, 9.17) is 16.3 Å². The summed E-state index contributed by atoms with van der Waals surface area (Å²) in [5.41, 5.74) is 3.15. The molecule has 0 unspecified atom stereocenters. The fraction of sp³-hybridized carbons (Fsp3) is 0.316. The van der Waals surface area contributed by atoms with E-state index in [9.17, 15) is 0 Å². The summed E-state index contributed by atoms with van der Waals surface area (Å²) in [4.78, 5) is 13.2. The molecule has 3 aromatic rings. The van der Waals surface area contributed by atoms with E-state index in [2.05, 4.69) is 31.0 Å². The molecule has 3 rings (SSSR count). The topological polar surface area (TPSA) is 64.9 Å². The first-order valence-corrected chi connectivity index (χ1v) is 8.82. The highest BCUT2D eigenvalue weighted by molar-refractivity contribution is 6.30. The third-order valence-electron chi connectivity index (χ3n) is 3.83. The molecule has 0 atom stereocenters. The normalized spacial score (nSPS) is 10.9. The first-order valence-electron chi connectivity index (χ1n) is 8.45. The lowest BCUT2D eigenvalue weighted by Gasteiger charge is -2.07. The predicted molar refractivity (Wildman–Crippen MR) is 102 cm³/mol. The highest BCUT2D eigenvalue weighted by Crippen LogP contribution is 2.11. The zero-order valence-electron chi connectivity index (χ0n) is 14.9. The van der Waals surface area contributed by atoms with Gasteiger partial charge in [-0.25, -0.2) is 15.0 Å². The number of halogens is 1. The van der Waals surface area contributed by atoms with Gasteiger partial charge in [-0.1, -0.05) is 23.7 Å². The number of nitrogens with zero attached hydrogens (tertiary/aromatic N) is 4. The van der Waals surface area contributed by atoms with Crippen molar-refractivity contribution in [1.29, 1.82) is 0 Å². The van der Waals surface area contributed by atoms with Crippen molar-refractivity contribution in [3.05, 3.63) is 70.7 Å². The summed E-state index contributed by atoms with van der Waals surface area (Å²) in [5.74, 6) is 1.49. The molecule has 0 aliphatic rings. The molecule has 0 aliphatic carbocycles. The number of hydrogen-bond donors (Lipinski definition) is 1. The maximum Gasteiger partial charge on any atom is 0.156 e. The molecule has 7 heteroatoms. The number of methoxy groups -OCH3 is 1. The molecule has 0 aliphatic heterocycles. The predicted octanol–water partition coefficient (Wildman–Crippen LogP) is 3.48. The van der Waals surface area contributed by atoms with Gasteiger partial charge in [-0.05, 0) is 24.6 Å². The fourth-order valence-corrected chi connectivity index (χ4v) is 2.78. The smallest absolute Gasteiger partial charge is 0.156 e. The van der Waals surface area contributed by atoms with Gasteiger partial charge in [-0.3, -0.25) is 0 Å². The van der Waals surface area contributed by atoms with Crippen LogP contribution in [0.5, 0.6) is 0 Å². The molecule has 0 bridgehead atoms. The van der Waals surface area contributed by atoms with Gasteiger partial charge in [0.25, 0.3) is 0 Å². The van der Waals surface area contributed by atoms with Gasteiger partial charge in [0.05, 0.1) is 12.0 Å². The van der Waals surface area contributed by atoms with Gasteiger partial charge < -0.3 is 14.6 Å². The molecule has 6 nitrogen and oxygen atoms in total. The van der Waals surface area contributed by atoms with Crippen LogP contribution in [0, 0.1) is 6.92 Å². The van der Waals surface area contributed by atoms with E-state index in [1.807, 2.05) is 43.6 Å². The van der Waals surface area contributed by atoms with Crippen molar-refractivity contribution >= 4 is 17.4 Å². The molecule has 1 aromatic carbocycles. The lowest BCUT2D eigenvalue weighted by Crippen LogP contribution is -2.09. The van der Waals surface area contributed by atoms with Gasteiger partial charge in [0, 0.05) is 49.6 Å². The van der Waals surface area contributed by atoms with Crippen molar-refractivity contribution in [3.63, 3.8) is 0 Å². The third-order valence-corrected chi connectivity index (χ3v) is 4.08. The molecule has 1 N–H and O–H groups in total. The Morgan fingerprint density at radius 2 is 2.00 bits per heavy atom. The SMILES string of the molecule is COCc1nc(C)cc(NCCc2cn(Cc3ccc(Cl)cc3)cn2)n1. The summed E-state index contributed by atoms with van der Waals surface area (Å²) in [6, 6.07) is 9.79. The van der Waals surface area contributed by atoms with E-state index >= 15 is 0 Å². The molecule has 26 heavy (non-hydrogen) atoms. The summed E-state index contributed by atoms with van der Waals surface area (Å²) in [7, 11) is 1.64. The minimum Gasteiger partial charge on any atom is -0.377 e. The van der Waals surface area contributed by atoms with Crippen molar-refractivity contribution in [3.8, 4) is 0 Å². The van der Waals surface area contributed by atoms with Crippen molar-refractivity contribution in [2.75, 3.05) is 19.0 Å². The quantitative estimate of drug-likeness (QED) is 0.656. The molecule has 2 heterocycles. The number of aromatic nitrogens is 4. The van der Waals surface area contributed by atoms with E-state index in [1.54, 1.807) is 7.11 Å². The second kappa shape index (κ2) is 8.78. The van der Waals surface area contributed by atoms with Crippen LogP contribution in [0.15, 0.2) is 42.9 Å². The zero-order valence-corrected chi connectivity index (χ0v) is 15.7. The maximum atomic E-state index is 5.92. The molecular weight excluding hydrogens is 350 g/mol. The molecule has 0 saturated carbocycles. The number of benzene rings is 1. The van der Waals surface area contributed by atoms with Gasteiger partial charge in [-0.2, -0.15) is 0 Å². The molecule has 0 spiro atoms. The summed E-state index contributed by atoms with van der Waals surface area (Å²) >= 11 is 5.92. The van der Waals surface area contributed by atoms with Crippen LogP contribution in [-0.4, -0.2) is 33.2 Å². The average molecular weight is 372 g/mol. The average Bonchev–Trinajstić information content (AvgIpc) is 3.04. The van der Waals surface area contributed by atoms with Gasteiger partial charge in [-0.15, -0.1) is 0 Å². The highest BCUT2D eigenvalue weighted by atomic mass is 35.5. The number of imidazole rings is 1. The van der Waals surface area contributed by atoms with Crippen molar-refractivity contribution < 1.29 is 4.74 Å². The Hall–Kier alpha value is -2.44. The van der Waals surface area contributed by atoms with E-state index < -0.39 is 0 Å². The van der Waals surface area contributed by atoms with Crippen molar-refractivity contribution in [2.45, 2.75) is 26.5 Å². The fourth-order valence-electron chi connectivity index (χ4n) is 2.66. The number of ether oxygens (including phenoxy) is 1. The van der Waals surface area contributed by atoms with E-state index in [0.29, 0.717) is 12.4 Å². The Kier molecular flexibility index (Phi) is 6.20. The van der Waals surface area contributed by atoms with Crippen molar-refractivity contribution in [1.82, 2.24) is 19.5 Å². The second-order valence-electron chi connectivity index (χ2n) is 6.08. The number of nitrogens with one attached hydrogen (secondary N) is 1. The van der Waals surface area contributed by atoms with Gasteiger partial charge >= 0.3 is 0 Å². The molecule has 0 fully saturated rings. The lowest BCUT2D eigenvalue weighted by molar-refractivity contribution is 0.177. The van der Waals surface area contributed by atoms with Crippen LogP contribution in [-0.2, 0) is 24.3 Å². The minimum absolute atomic E-state index is 0.408. The number of hydrogen-bond acceptors (Lipinski definition) is 5. The van der Waals surface area contributed by atoms with Crippen LogP contribution in [0.25, 0.3) is 0 Å². The van der Waals surface area contributed by atoms with Crippen LogP contribution >= 0.6 is 11.6 Å². The van der Waals surface area contributed by atoms with E-state index in [0.717, 1.165) is 41.7 Å². The molecular formula is C19H22ClN5O. The second-order valence-corrected chi connectivity index (χ2v) is 6.52. The van der Waals surface area contributed by atoms with Crippen LogP contribution in [0.1, 0.15) is 22.8 Å². The molecule has 0 amide bonds. The van der Waals surface area contributed by atoms with E-state index in [1.165, 1.54) is 5.56 Å². The van der Waals surface area contributed by atoms with Crippen LogP contribution in [0.3, 0.4) is 0 Å². The molecule has 0 saturated heterocycles. The molecule has 136 valence electrons. The van der Waals surface area contributed by atoms with E-state index in [-0.39, 0.29) is 0 Å². The zero-order chi connectivity index (χ0) is 18.4. The highest BCUT2D eigenvalue weighted by Gasteiger charge is 2.04. The Bertz CT molecular complexity index is 847. The number of anilines is 1. The van der Waals surface area contributed by atoms with Crippen LogP contribution in [0.4, 0.5) is 5.82 Å². The Morgan fingerprint density at radius 1 is 1.19 bits per heavy atom. The molecule has 0 radical (unpaired) electrons. The van der Waals surface area contributed by atoms with Crippen LogP contribution < -0.4 is 5.32 Å². The standard InChI is InChI=1S/C19H22ClN5O/c1-14-9-18(24-19(23-14)12-26-2)21-8-7-17-11-25(13-22-17)10-15-3-5-16(20)6-4-15/h3-6,9,11,13H,7-8,10,12H2,1-2H3,(H,21,23,24). The van der Waals surface area contributed by atoms with Crippen LogP contribution in [0.2, 0.25) is 5.02 Å². The van der Waals surface area contributed by atoms with Gasteiger partial charge in [0.1, 0.15) is 12.4 Å². The Balaban J connectivity index is 1.53. The summed E-state index contributed by atoms with van der Waals surface area (Å²) in [6.45, 7) is 3.89. The van der Waals surface area contributed by atoms with Crippen molar-refractivity contribution in [2.24, 2.45) is 0 Å². The van der Waals surface area contributed by atoms with Gasteiger partial charge in [0.2, 0.25) is 0 Å². The monoisotopic (exact) mass is 371 g/mol. The summed E-state index contributed by atoms with van der Waals surface area (Å²) in [6.07, 6.45) is 4.74. The molecule has 2 aromatic heterocycles. The lowest BCUT2D eigenvalue weighted by atomic mass is 10.2. The first-order chi connectivity index (χ1) is 12.6.